The molecular weight excluding hydrogens is 337 g/mol. The molecule has 3 aromatic rings. The Labute approximate surface area is 158 Å². The summed E-state index contributed by atoms with van der Waals surface area (Å²) in [7, 11) is 1.30. The average molecular weight is 357 g/mol. The van der Waals surface area contributed by atoms with Crippen molar-refractivity contribution >= 4 is 29.6 Å². The highest BCUT2D eigenvalue weighted by Gasteiger charge is 2.43. The van der Waals surface area contributed by atoms with Crippen LogP contribution in [0.1, 0.15) is 35.8 Å². The smallest absolute Gasteiger partial charge is 0.398 e. The lowest BCUT2D eigenvalue weighted by molar-refractivity contribution is 0.120. The van der Waals surface area contributed by atoms with E-state index in [1.54, 1.807) is 7.11 Å². The normalized spacial score (nSPS) is 21.9. The SMILES string of the molecule is CO[C@@H](C)c1ccccc1B1O[C@@H]2C=Cc3c(ccc4cccnc34)[C@@H]2O1. The minimum atomic E-state index is -0.413. The third-order valence-corrected chi connectivity index (χ3v) is 5.50. The van der Waals surface area contributed by atoms with E-state index in [2.05, 4.69) is 47.5 Å². The summed E-state index contributed by atoms with van der Waals surface area (Å²) in [6, 6.07) is 16.4. The van der Waals surface area contributed by atoms with Crippen molar-refractivity contribution in [3.05, 3.63) is 77.5 Å². The van der Waals surface area contributed by atoms with Gasteiger partial charge in [0.05, 0.1) is 23.8 Å². The summed E-state index contributed by atoms with van der Waals surface area (Å²) in [5.74, 6) is 0. The standard InChI is InChI=1S/C22H20BNO3/c1-14(25-2)16-7-3-4-8-19(16)23-26-20-12-11-17-18(22(20)27-23)10-9-15-6-5-13-24-21(15)17/h3-14,20,22H,1-2H3/t14-,20+,22-/m0/s1. The van der Waals surface area contributed by atoms with Crippen molar-refractivity contribution in [1.29, 1.82) is 0 Å². The summed E-state index contributed by atoms with van der Waals surface area (Å²) < 4.78 is 18.2. The molecule has 5 rings (SSSR count). The predicted octanol–water partition coefficient (Wildman–Crippen LogP) is 3.82. The van der Waals surface area contributed by atoms with Crippen LogP contribution >= 0.6 is 0 Å². The summed E-state index contributed by atoms with van der Waals surface area (Å²) in [5.41, 5.74) is 5.37. The first kappa shape index (κ1) is 16.7. The van der Waals surface area contributed by atoms with E-state index in [9.17, 15) is 0 Å². The number of ether oxygens (including phenoxy) is 1. The van der Waals surface area contributed by atoms with E-state index in [4.69, 9.17) is 14.0 Å². The van der Waals surface area contributed by atoms with Gasteiger partial charge in [-0.2, -0.15) is 0 Å². The number of nitrogens with zero attached hydrogens (tertiary/aromatic N) is 1. The van der Waals surface area contributed by atoms with Crippen LogP contribution in [0.25, 0.3) is 17.0 Å². The lowest BCUT2D eigenvalue weighted by atomic mass is 9.75. The Morgan fingerprint density at radius 3 is 2.85 bits per heavy atom. The molecule has 0 N–H and O–H groups in total. The highest BCUT2D eigenvalue weighted by Crippen LogP contribution is 2.40. The fourth-order valence-electron chi connectivity index (χ4n) is 4.02. The number of hydrogen-bond acceptors (Lipinski definition) is 4. The lowest BCUT2D eigenvalue weighted by Gasteiger charge is -2.23. The van der Waals surface area contributed by atoms with Crippen molar-refractivity contribution in [1.82, 2.24) is 4.98 Å². The van der Waals surface area contributed by atoms with Crippen LogP contribution in [-0.2, 0) is 14.0 Å². The molecule has 1 saturated heterocycles. The van der Waals surface area contributed by atoms with Gasteiger partial charge >= 0.3 is 7.12 Å². The van der Waals surface area contributed by atoms with E-state index in [1.165, 1.54) is 0 Å². The van der Waals surface area contributed by atoms with Gasteiger partial charge in [-0.25, -0.2) is 0 Å². The van der Waals surface area contributed by atoms with E-state index in [-0.39, 0.29) is 18.3 Å². The molecule has 1 aliphatic carbocycles. The van der Waals surface area contributed by atoms with Gasteiger partial charge in [0.2, 0.25) is 0 Å². The van der Waals surface area contributed by atoms with Crippen molar-refractivity contribution in [2.24, 2.45) is 0 Å². The van der Waals surface area contributed by atoms with Crippen LogP contribution in [0.5, 0.6) is 0 Å². The molecule has 1 aliphatic heterocycles. The van der Waals surface area contributed by atoms with E-state index in [0.717, 1.165) is 33.1 Å². The quantitative estimate of drug-likeness (QED) is 0.669. The fraction of sp³-hybridized carbons (Fsp3) is 0.227. The topological polar surface area (TPSA) is 40.6 Å². The van der Waals surface area contributed by atoms with Gasteiger partial charge in [0.25, 0.3) is 0 Å². The van der Waals surface area contributed by atoms with Gasteiger partial charge in [-0.15, -0.1) is 0 Å². The summed E-state index contributed by atoms with van der Waals surface area (Å²) in [5, 5.41) is 1.13. The van der Waals surface area contributed by atoms with Crippen LogP contribution < -0.4 is 5.46 Å². The predicted molar refractivity (Wildman–Crippen MR) is 107 cm³/mol. The van der Waals surface area contributed by atoms with E-state index < -0.39 is 7.12 Å². The third kappa shape index (κ3) is 2.70. The first-order chi connectivity index (χ1) is 13.3. The molecule has 27 heavy (non-hydrogen) atoms. The molecule has 0 unspecified atom stereocenters. The molecule has 5 heteroatoms. The van der Waals surface area contributed by atoms with Crippen molar-refractivity contribution in [3.63, 3.8) is 0 Å². The first-order valence-corrected chi connectivity index (χ1v) is 9.24. The number of pyridine rings is 1. The Kier molecular flexibility index (Phi) is 4.08. The Morgan fingerprint density at radius 2 is 1.96 bits per heavy atom. The van der Waals surface area contributed by atoms with E-state index in [1.807, 2.05) is 31.3 Å². The number of benzene rings is 2. The lowest BCUT2D eigenvalue weighted by Crippen LogP contribution is -2.36. The zero-order valence-electron chi connectivity index (χ0n) is 15.3. The monoisotopic (exact) mass is 357 g/mol. The van der Waals surface area contributed by atoms with Gasteiger partial charge in [0, 0.05) is 24.3 Å². The molecule has 3 atom stereocenters. The fourth-order valence-corrected chi connectivity index (χ4v) is 4.02. The first-order valence-electron chi connectivity index (χ1n) is 9.24. The van der Waals surface area contributed by atoms with E-state index in [0.29, 0.717) is 0 Å². The van der Waals surface area contributed by atoms with Crippen LogP contribution in [0.15, 0.2) is 60.8 Å². The largest absolute Gasteiger partial charge is 0.495 e. The molecule has 0 spiro atoms. The molecule has 0 amide bonds. The van der Waals surface area contributed by atoms with Gasteiger partial charge in [0.1, 0.15) is 0 Å². The molecule has 4 nitrogen and oxygen atoms in total. The second kappa shape index (κ2) is 6.61. The summed E-state index contributed by atoms with van der Waals surface area (Å²) in [4.78, 5) is 4.57. The third-order valence-electron chi connectivity index (χ3n) is 5.50. The van der Waals surface area contributed by atoms with Gasteiger partial charge in [0.15, 0.2) is 0 Å². The molecule has 134 valence electrons. The maximum atomic E-state index is 6.41. The molecule has 2 aromatic carbocycles. The zero-order valence-corrected chi connectivity index (χ0v) is 15.3. The van der Waals surface area contributed by atoms with Gasteiger partial charge in [-0.05, 0) is 29.6 Å². The Bertz CT molecular complexity index is 1030. The summed E-state index contributed by atoms with van der Waals surface area (Å²) in [6.45, 7) is 2.04. The summed E-state index contributed by atoms with van der Waals surface area (Å²) in [6.07, 6.45) is 5.78. The van der Waals surface area contributed by atoms with Crippen molar-refractivity contribution in [2.45, 2.75) is 25.2 Å². The van der Waals surface area contributed by atoms with Crippen molar-refractivity contribution in [2.75, 3.05) is 7.11 Å². The number of rotatable bonds is 3. The van der Waals surface area contributed by atoms with Gasteiger partial charge in [-0.1, -0.05) is 54.6 Å². The molecule has 2 aliphatic rings. The maximum Gasteiger partial charge on any atom is 0.495 e. The highest BCUT2D eigenvalue weighted by atomic mass is 16.7. The zero-order chi connectivity index (χ0) is 18.4. The minimum absolute atomic E-state index is 0.0213. The molecule has 0 radical (unpaired) electrons. The minimum Gasteiger partial charge on any atom is -0.398 e. The molecule has 0 saturated carbocycles. The highest BCUT2D eigenvalue weighted by molar-refractivity contribution is 6.62. The van der Waals surface area contributed by atoms with Gasteiger partial charge in [-0.3, -0.25) is 4.98 Å². The second-order valence-corrected chi connectivity index (χ2v) is 7.00. The van der Waals surface area contributed by atoms with Crippen LogP contribution in [-0.4, -0.2) is 25.3 Å². The second-order valence-electron chi connectivity index (χ2n) is 7.00. The molecule has 2 heterocycles. The van der Waals surface area contributed by atoms with Crippen LogP contribution in [0.4, 0.5) is 0 Å². The number of fused-ring (bicyclic) bond motifs is 5. The van der Waals surface area contributed by atoms with Crippen molar-refractivity contribution < 1.29 is 14.0 Å². The Balaban J connectivity index is 1.53. The van der Waals surface area contributed by atoms with Gasteiger partial charge < -0.3 is 14.0 Å². The van der Waals surface area contributed by atoms with Crippen molar-refractivity contribution in [3.8, 4) is 0 Å². The number of methoxy groups -OCH3 is 1. The summed E-state index contributed by atoms with van der Waals surface area (Å²) >= 11 is 0. The number of hydrogen-bond donors (Lipinski definition) is 0. The Morgan fingerprint density at radius 1 is 1.07 bits per heavy atom. The molecule has 1 aromatic heterocycles. The molecule has 1 fully saturated rings. The van der Waals surface area contributed by atoms with Crippen LogP contribution in [0.3, 0.4) is 0 Å². The maximum absolute atomic E-state index is 6.41. The van der Waals surface area contributed by atoms with Crippen LogP contribution in [0, 0.1) is 0 Å². The Hall–Kier alpha value is -2.47. The average Bonchev–Trinajstić information content (AvgIpc) is 3.17. The van der Waals surface area contributed by atoms with E-state index >= 15 is 0 Å². The number of aromatic nitrogens is 1. The molecule has 0 bridgehead atoms. The van der Waals surface area contributed by atoms with Crippen LogP contribution in [0.2, 0.25) is 0 Å². The molecular formula is C22H20BNO3.